The number of nitrogens with one attached hydrogen (secondary N) is 1. The van der Waals surface area contributed by atoms with Gasteiger partial charge in [-0.2, -0.15) is 0 Å². The van der Waals surface area contributed by atoms with E-state index in [1.165, 1.54) is 16.7 Å². The molecule has 0 bridgehead atoms. The summed E-state index contributed by atoms with van der Waals surface area (Å²) < 4.78 is 0. The molecule has 31 heavy (non-hydrogen) atoms. The molecular formula is C25H33ClN2O2S. The van der Waals surface area contributed by atoms with Gasteiger partial charge in [-0.25, -0.2) is 0 Å². The van der Waals surface area contributed by atoms with E-state index in [2.05, 4.69) is 37.4 Å². The van der Waals surface area contributed by atoms with Crippen molar-refractivity contribution >= 4 is 35.2 Å². The first-order chi connectivity index (χ1) is 14.7. The van der Waals surface area contributed by atoms with Crippen LogP contribution in [-0.4, -0.2) is 34.6 Å². The summed E-state index contributed by atoms with van der Waals surface area (Å²) in [6.45, 7) is 10.2. The van der Waals surface area contributed by atoms with Crippen LogP contribution in [0.15, 0.2) is 42.5 Å². The van der Waals surface area contributed by atoms with Gasteiger partial charge in [0.1, 0.15) is 6.04 Å². The van der Waals surface area contributed by atoms with Crippen molar-refractivity contribution in [3.05, 3.63) is 69.7 Å². The predicted octanol–water partition coefficient (Wildman–Crippen LogP) is 5.52. The lowest BCUT2D eigenvalue weighted by Gasteiger charge is -2.30. The lowest BCUT2D eigenvalue weighted by atomic mass is 10.1. The zero-order valence-corrected chi connectivity index (χ0v) is 20.6. The maximum atomic E-state index is 13.2. The predicted molar refractivity (Wildman–Crippen MR) is 131 cm³/mol. The van der Waals surface area contributed by atoms with Crippen molar-refractivity contribution in [2.75, 3.05) is 5.75 Å². The van der Waals surface area contributed by atoms with Crippen LogP contribution in [0.2, 0.25) is 5.02 Å². The summed E-state index contributed by atoms with van der Waals surface area (Å²) in [5, 5.41) is 3.58. The first kappa shape index (κ1) is 25.3. The second-order valence-electron chi connectivity index (χ2n) is 8.10. The molecule has 0 spiro atoms. The average Bonchev–Trinajstić information content (AvgIpc) is 2.71. The van der Waals surface area contributed by atoms with E-state index in [0.29, 0.717) is 17.3 Å². The molecule has 0 heterocycles. The molecule has 0 radical (unpaired) electrons. The van der Waals surface area contributed by atoms with Crippen LogP contribution in [-0.2, 0) is 21.9 Å². The number of hydrogen-bond donors (Lipinski definition) is 1. The third-order valence-corrected chi connectivity index (χ3v) is 6.60. The molecule has 2 aromatic carbocycles. The highest BCUT2D eigenvalue weighted by Gasteiger charge is 2.27. The highest BCUT2D eigenvalue weighted by Crippen LogP contribution is 2.21. The Hall–Kier alpha value is -1.98. The maximum absolute atomic E-state index is 13.2. The summed E-state index contributed by atoms with van der Waals surface area (Å²) >= 11 is 7.90. The number of halogens is 1. The zero-order valence-electron chi connectivity index (χ0n) is 19.1. The highest BCUT2D eigenvalue weighted by atomic mass is 35.5. The maximum Gasteiger partial charge on any atom is 0.242 e. The third kappa shape index (κ3) is 7.89. The molecule has 2 amide bonds. The van der Waals surface area contributed by atoms with Crippen LogP contribution in [0.4, 0.5) is 0 Å². The third-order valence-electron chi connectivity index (χ3n) is 5.24. The van der Waals surface area contributed by atoms with Crippen molar-refractivity contribution in [3.63, 3.8) is 0 Å². The van der Waals surface area contributed by atoms with Gasteiger partial charge in [-0.15, -0.1) is 11.8 Å². The summed E-state index contributed by atoms with van der Waals surface area (Å²) in [6.07, 6.45) is 0.836. The summed E-state index contributed by atoms with van der Waals surface area (Å²) in [7, 11) is 0. The molecular weight excluding hydrogens is 428 g/mol. The quantitative estimate of drug-likeness (QED) is 0.507. The van der Waals surface area contributed by atoms with Crippen molar-refractivity contribution in [1.82, 2.24) is 10.2 Å². The van der Waals surface area contributed by atoms with Crippen molar-refractivity contribution in [1.29, 1.82) is 0 Å². The smallest absolute Gasteiger partial charge is 0.242 e. The van der Waals surface area contributed by atoms with Crippen molar-refractivity contribution in [2.24, 2.45) is 0 Å². The van der Waals surface area contributed by atoms with Gasteiger partial charge in [0.15, 0.2) is 0 Å². The molecule has 0 fully saturated rings. The van der Waals surface area contributed by atoms with Crippen LogP contribution >= 0.6 is 23.4 Å². The van der Waals surface area contributed by atoms with E-state index in [1.54, 1.807) is 29.7 Å². The number of nitrogens with zero attached hydrogens (tertiary/aromatic N) is 1. The summed E-state index contributed by atoms with van der Waals surface area (Å²) in [6, 6.07) is 13.4. The van der Waals surface area contributed by atoms with Gasteiger partial charge in [-0.1, -0.05) is 66.0 Å². The fraction of sp³-hybridized carbons (Fsp3) is 0.440. The van der Waals surface area contributed by atoms with Crippen LogP contribution in [0.5, 0.6) is 0 Å². The largest absolute Gasteiger partial charge is 0.352 e. The second-order valence-corrected chi connectivity index (χ2v) is 9.49. The molecule has 0 aliphatic rings. The minimum absolute atomic E-state index is 0.0613. The molecule has 0 aliphatic carbocycles. The lowest BCUT2D eigenvalue weighted by Crippen LogP contribution is -2.50. The van der Waals surface area contributed by atoms with Gasteiger partial charge in [0.2, 0.25) is 11.8 Å². The lowest BCUT2D eigenvalue weighted by molar-refractivity contribution is -0.138. The van der Waals surface area contributed by atoms with Crippen LogP contribution in [0, 0.1) is 13.8 Å². The van der Waals surface area contributed by atoms with E-state index in [4.69, 9.17) is 11.6 Å². The van der Waals surface area contributed by atoms with Crippen LogP contribution in [0.3, 0.4) is 0 Å². The Morgan fingerprint density at radius 2 is 1.74 bits per heavy atom. The van der Waals surface area contributed by atoms with Crippen molar-refractivity contribution < 1.29 is 9.59 Å². The standard InChI is InChI=1S/C25H33ClN2O2S/c1-6-19(4)27-25(30)20(5)28(14-22-9-7-8-10-23(22)26)24(29)16-31-15-21-12-17(2)11-18(3)13-21/h7-13,19-20H,6,14-16H2,1-5H3,(H,27,30)/t19-,20+/m0/s1. The van der Waals surface area contributed by atoms with Gasteiger partial charge in [0.25, 0.3) is 0 Å². The monoisotopic (exact) mass is 460 g/mol. The summed E-state index contributed by atoms with van der Waals surface area (Å²) in [5.74, 6) is 0.843. The molecule has 4 nitrogen and oxygen atoms in total. The van der Waals surface area contributed by atoms with Crippen molar-refractivity contribution in [2.45, 2.75) is 65.4 Å². The molecule has 168 valence electrons. The summed E-state index contributed by atoms with van der Waals surface area (Å²) in [5.41, 5.74) is 4.48. The zero-order chi connectivity index (χ0) is 23.0. The SMILES string of the molecule is CC[C@H](C)NC(=O)[C@@H](C)N(Cc1ccccc1Cl)C(=O)CSCc1cc(C)cc(C)c1. The summed E-state index contributed by atoms with van der Waals surface area (Å²) in [4.78, 5) is 27.6. The topological polar surface area (TPSA) is 49.4 Å². The Labute approximate surface area is 195 Å². The second kappa shape index (κ2) is 12.2. The van der Waals surface area contributed by atoms with E-state index >= 15 is 0 Å². The fourth-order valence-corrected chi connectivity index (χ4v) is 4.39. The minimum atomic E-state index is -0.584. The minimum Gasteiger partial charge on any atom is -0.352 e. The van der Waals surface area contributed by atoms with Gasteiger partial charge in [-0.05, 0) is 51.3 Å². The normalized spacial score (nSPS) is 12.8. The van der Waals surface area contributed by atoms with Gasteiger partial charge >= 0.3 is 0 Å². The van der Waals surface area contributed by atoms with Gasteiger partial charge in [-0.3, -0.25) is 9.59 Å². The first-order valence-corrected chi connectivity index (χ1v) is 12.2. The van der Waals surface area contributed by atoms with E-state index in [-0.39, 0.29) is 17.9 Å². The molecule has 0 saturated heterocycles. The average molecular weight is 461 g/mol. The highest BCUT2D eigenvalue weighted by molar-refractivity contribution is 7.99. The van der Waals surface area contributed by atoms with E-state index in [0.717, 1.165) is 17.7 Å². The number of thioether (sulfide) groups is 1. The molecule has 2 atom stereocenters. The number of carbonyl (C=O) groups is 2. The molecule has 1 N–H and O–H groups in total. The fourth-order valence-electron chi connectivity index (χ4n) is 3.35. The molecule has 0 unspecified atom stereocenters. The number of amides is 2. The van der Waals surface area contributed by atoms with E-state index in [1.807, 2.05) is 32.0 Å². The number of rotatable bonds is 10. The Morgan fingerprint density at radius 3 is 2.35 bits per heavy atom. The Bertz CT molecular complexity index is 883. The van der Waals surface area contributed by atoms with Crippen molar-refractivity contribution in [3.8, 4) is 0 Å². The van der Waals surface area contributed by atoms with Gasteiger partial charge < -0.3 is 10.2 Å². The number of carbonyl (C=O) groups excluding carboxylic acids is 2. The van der Waals surface area contributed by atoms with Gasteiger partial charge in [0.05, 0.1) is 5.75 Å². The first-order valence-electron chi connectivity index (χ1n) is 10.7. The number of hydrogen-bond acceptors (Lipinski definition) is 3. The van der Waals surface area contributed by atoms with E-state index in [9.17, 15) is 9.59 Å². The molecule has 0 aromatic heterocycles. The van der Waals surface area contributed by atoms with Crippen LogP contribution in [0.1, 0.15) is 49.4 Å². The Balaban J connectivity index is 2.11. The Kier molecular flexibility index (Phi) is 9.92. The molecule has 0 aliphatic heterocycles. The molecule has 0 saturated carbocycles. The molecule has 2 aromatic rings. The Morgan fingerprint density at radius 1 is 1.10 bits per heavy atom. The van der Waals surface area contributed by atoms with E-state index < -0.39 is 6.04 Å². The number of benzene rings is 2. The molecule has 2 rings (SSSR count). The number of aryl methyl sites for hydroxylation is 2. The molecule has 6 heteroatoms. The van der Waals surface area contributed by atoms with Crippen LogP contribution in [0.25, 0.3) is 0 Å². The van der Waals surface area contributed by atoms with Crippen LogP contribution < -0.4 is 5.32 Å². The van der Waals surface area contributed by atoms with Gasteiger partial charge in [0, 0.05) is 23.4 Å².